The van der Waals surface area contributed by atoms with Crippen molar-refractivity contribution in [2.75, 3.05) is 18.4 Å². The predicted molar refractivity (Wildman–Crippen MR) is 100 cm³/mol. The maximum atomic E-state index is 13.8. The summed E-state index contributed by atoms with van der Waals surface area (Å²) < 4.78 is 40.7. The number of aromatic nitrogens is 1. The highest BCUT2D eigenvalue weighted by Crippen LogP contribution is 2.25. The van der Waals surface area contributed by atoms with Crippen molar-refractivity contribution in [1.29, 1.82) is 0 Å². The minimum absolute atomic E-state index is 0.0650. The number of pyridine rings is 1. The third kappa shape index (κ3) is 4.33. The molecule has 8 heteroatoms. The van der Waals surface area contributed by atoms with Crippen molar-refractivity contribution in [2.45, 2.75) is 31.6 Å². The van der Waals surface area contributed by atoms with Gasteiger partial charge in [-0.05, 0) is 56.5 Å². The summed E-state index contributed by atoms with van der Waals surface area (Å²) in [5.41, 5.74) is 1.16. The first-order chi connectivity index (χ1) is 12.8. The zero-order valence-electron chi connectivity index (χ0n) is 15.3. The largest absolute Gasteiger partial charge is 0.310 e. The second-order valence-electron chi connectivity index (χ2n) is 6.77. The van der Waals surface area contributed by atoms with Crippen molar-refractivity contribution in [1.82, 2.24) is 9.29 Å². The van der Waals surface area contributed by atoms with Gasteiger partial charge in [-0.3, -0.25) is 4.79 Å². The van der Waals surface area contributed by atoms with E-state index in [9.17, 15) is 17.6 Å². The van der Waals surface area contributed by atoms with E-state index in [0.717, 1.165) is 11.8 Å². The average Bonchev–Trinajstić information content (AvgIpc) is 2.64. The minimum Gasteiger partial charge on any atom is -0.310 e. The monoisotopic (exact) mass is 391 g/mol. The molecule has 1 aromatic carbocycles. The fourth-order valence-corrected chi connectivity index (χ4v) is 4.64. The standard InChI is InChI=1S/C19H22FN3O3S/c1-13-8-9-16(11-17(13)20)27(25,26)23-10-4-6-15(12-23)19(24)22-18-7-3-5-14(2)21-18/h3,5,7-9,11,15H,4,6,10,12H2,1-2H3,(H,21,22,24). The normalized spacial score (nSPS) is 18.3. The van der Waals surface area contributed by atoms with Crippen molar-refractivity contribution in [3.05, 3.63) is 53.5 Å². The third-order valence-electron chi connectivity index (χ3n) is 4.68. The molecule has 3 rings (SSSR count). The van der Waals surface area contributed by atoms with Gasteiger partial charge in [-0.25, -0.2) is 17.8 Å². The summed E-state index contributed by atoms with van der Waals surface area (Å²) in [5, 5.41) is 2.75. The number of anilines is 1. The quantitative estimate of drug-likeness (QED) is 0.869. The number of halogens is 1. The molecule has 27 heavy (non-hydrogen) atoms. The molecule has 1 aromatic heterocycles. The van der Waals surface area contributed by atoms with Crippen molar-refractivity contribution in [2.24, 2.45) is 5.92 Å². The first-order valence-electron chi connectivity index (χ1n) is 8.78. The van der Waals surface area contributed by atoms with E-state index < -0.39 is 21.8 Å². The highest BCUT2D eigenvalue weighted by atomic mass is 32.2. The SMILES string of the molecule is Cc1cccc(NC(=O)C2CCCN(S(=O)(=O)c3ccc(C)c(F)c3)C2)n1. The molecule has 1 aliphatic rings. The lowest BCUT2D eigenvalue weighted by Gasteiger charge is -2.31. The van der Waals surface area contributed by atoms with Crippen LogP contribution in [0.1, 0.15) is 24.1 Å². The molecule has 2 heterocycles. The van der Waals surface area contributed by atoms with E-state index in [1.165, 1.54) is 16.4 Å². The summed E-state index contributed by atoms with van der Waals surface area (Å²) >= 11 is 0. The van der Waals surface area contributed by atoms with Crippen LogP contribution in [0.5, 0.6) is 0 Å². The van der Waals surface area contributed by atoms with E-state index in [1.807, 2.05) is 13.0 Å². The summed E-state index contributed by atoms with van der Waals surface area (Å²) in [7, 11) is -3.85. The van der Waals surface area contributed by atoms with Crippen LogP contribution in [-0.4, -0.2) is 36.7 Å². The number of nitrogens with zero attached hydrogens (tertiary/aromatic N) is 2. The smallest absolute Gasteiger partial charge is 0.243 e. The van der Waals surface area contributed by atoms with Crippen LogP contribution in [-0.2, 0) is 14.8 Å². The molecule has 1 fully saturated rings. The molecule has 0 aliphatic carbocycles. The van der Waals surface area contributed by atoms with Gasteiger partial charge in [-0.2, -0.15) is 4.31 Å². The number of hydrogen-bond donors (Lipinski definition) is 1. The van der Waals surface area contributed by atoms with E-state index in [4.69, 9.17) is 0 Å². The number of benzene rings is 1. The lowest BCUT2D eigenvalue weighted by Crippen LogP contribution is -2.43. The van der Waals surface area contributed by atoms with E-state index in [-0.39, 0.29) is 17.3 Å². The number of rotatable bonds is 4. The Bertz CT molecular complexity index is 962. The summed E-state index contributed by atoms with van der Waals surface area (Å²) in [6.45, 7) is 3.78. The van der Waals surface area contributed by atoms with Crippen LogP contribution in [0.4, 0.5) is 10.2 Å². The maximum Gasteiger partial charge on any atom is 0.243 e. The Balaban J connectivity index is 1.74. The Hall–Kier alpha value is -2.32. The van der Waals surface area contributed by atoms with E-state index in [2.05, 4.69) is 10.3 Å². The maximum absolute atomic E-state index is 13.8. The van der Waals surface area contributed by atoms with E-state index in [1.54, 1.807) is 19.1 Å². The Morgan fingerprint density at radius 3 is 2.74 bits per heavy atom. The second kappa shape index (κ2) is 7.74. The lowest BCUT2D eigenvalue weighted by molar-refractivity contribution is -0.120. The van der Waals surface area contributed by atoms with E-state index >= 15 is 0 Å². The van der Waals surface area contributed by atoms with Crippen molar-refractivity contribution in [3.63, 3.8) is 0 Å². The van der Waals surface area contributed by atoms with Crippen LogP contribution in [0.3, 0.4) is 0 Å². The molecule has 1 unspecified atom stereocenters. The number of piperidine rings is 1. The van der Waals surface area contributed by atoms with Gasteiger partial charge >= 0.3 is 0 Å². The van der Waals surface area contributed by atoms with Crippen molar-refractivity contribution < 1.29 is 17.6 Å². The Morgan fingerprint density at radius 1 is 1.26 bits per heavy atom. The van der Waals surface area contributed by atoms with Gasteiger partial charge in [-0.15, -0.1) is 0 Å². The number of aryl methyl sites for hydroxylation is 2. The van der Waals surface area contributed by atoms with Crippen LogP contribution in [0, 0.1) is 25.6 Å². The lowest BCUT2D eigenvalue weighted by atomic mass is 9.99. The summed E-state index contributed by atoms with van der Waals surface area (Å²) in [5.74, 6) is -0.859. The Kier molecular flexibility index (Phi) is 5.57. The Morgan fingerprint density at radius 2 is 2.04 bits per heavy atom. The highest BCUT2D eigenvalue weighted by Gasteiger charge is 2.33. The molecule has 0 bridgehead atoms. The third-order valence-corrected chi connectivity index (χ3v) is 6.54. The van der Waals surface area contributed by atoms with Gasteiger partial charge in [0.15, 0.2) is 0 Å². The summed E-state index contributed by atoms with van der Waals surface area (Å²) in [4.78, 5) is 16.7. The molecule has 0 spiro atoms. The number of sulfonamides is 1. The second-order valence-corrected chi connectivity index (χ2v) is 8.70. The number of carbonyl (C=O) groups excluding carboxylic acids is 1. The van der Waals surface area contributed by atoms with Crippen LogP contribution < -0.4 is 5.32 Å². The minimum atomic E-state index is -3.85. The van der Waals surface area contributed by atoms with Crippen LogP contribution in [0.25, 0.3) is 0 Å². The number of amides is 1. The van der Waals surface area contributed by atoms with Gasteiger partial charge in [0, 0.05) is 18.8 Å². The van der Waals surface area contributed by atoms with Crippen LogP contribution in [0.15, 0.2) is 41.3 Å². The Labute approximate surface area is 158 Å². The van der Waals surface area contributed by atoms with Crippen molar-refractivity contribution >= 4 is 21.7 Å². The zero-order chi connectivity index (χ0) is 19.6. The fourth-order valence-electron chi connectivity index (χ4n) is 3.10. The molecule has 144 valence electrons. The van der Waals surface area contributed by atoms with Crippen LogP contribution in [0.2, 0.25) is 0 Å². The molecule has 1 aliphatic heterocycles. The van der Waals surface area contributed by atoms with Gasteiger partial charge in [0.2, 0.25) is 15.9 Å². The molecule has 1 saturated heterocycles. The van der Waals surface area contributed by atoms with Crippen LogP contribution >= 0.6 is 0 Å². The fraction of sp³-hybridized carbons (Fsp3) is 0.368. The molecular formula is C19H22FN3O3S. The average molecular weight is 391 g/mol. The van der Waals surface area contributed by atoms with E-state index in [0.29, 0.717) is 30.8 Å². The first kappa shape index (κ1) is 19.4. The van der Waals surface area contributed by atoms with Crippen molar-refractivity contribution in [3.8, 4) is 0 Å². The first-order valence-corrected chi connectivity index (χ1v) is 10.2. The number of carbonyl (C=O) groups is 1. The molecular weight excluding hydrogens is 369 g/mol. The molecule has 1 atom stereocenters. The number of nitrogens with one attached hydrogen (secondary N) is 1. The van der Waals surface area contributed by atoms with Gasteiger partial charge < -0.3 is 5.32 Å². The highest BCUT2D eigenvalue weighted by molar-refractivity contribution is 7.89. The van der Waals surface area contributed by atoms with Gasteiger partial charge in [0.1, 0.15) is 11.6 Å². The topological polar surface area (TPSA) is 79.4 Å². The predicted octanol–water partition coefficient (Wildman–Crippen LogP) is 2.88. The molecule has 0 saturated carbocycles. The van der Waals surface area contributed by atoms with Gasteiger partial charge in [-0.1, -0.05) is 12.1 Å². The molecule has 6 nitrogen and oxygen atoms in total. The molecule has 1 amide bonds. The molecule has 0 radical (unpaired) electrons. The summed E-state index contributed by atoms with van der Waals surface area (Å²) in [6.07, 6.45) is 1.15. The van der Waals surface area contributed by atoms with Gasteiger partial charge in [0.05, 0.1) is 10.8 Å². The zero-order valence-corrected chi connectivity index (χ0v) is 16.1. The molecule has 1 N–H and O–H groups in total. The molecule has 2 aromatic rings. The number of hydrogen-bond acceptors (Lipinski definition) is 4. The van der Waals surface area contributed by atoms with Gasteiger partial charge in [0.25, 0.3) is 0 Å². The summed E-state index contributed by atoms with van der Waals surface area (Å²) in [6, 6.07) is 9.18.